The van der Waals surface area contributed by atoms with Crippen LogP contribution in [0.25, 0.3) is 0 Å². The minimum absolute atomic E-state index is 0.219. The van der Waals surface area contributed by atoms with Gasteiger partial charge >= 0.3 is 0 Å². The van der Waals surface area contributed by atoms with E-state index in [-0.39, 0.29) is 5.41 Å². The van der Waals surface area contributed by atoms with E-state index in [9.17, 15) is 5.11 Å². The van der Waals surface area contributed by atoms with Crippen molar-refractivity contribution in [3.8, 4) is 0 Å². The van der Waals surface area contributed by atoms with Gasteiger partial charge in [-0.15, -0.1) is 0 Å². The molecule has 1 N–H and O–H groups in total. The molecular formula is C15H27N3O. The molecule has 2 rings (SSSR count). The van der Waals surface area contributed by atoms with E-state index >= 15 is 0 Å². The smallest absolute Gasteiger partial charge is 0.138 e. The largest absolute Gasteiger partial charge is 0.389 e. The fraction of sp³-hybridized carbons (Fsp3) is 0.867. The Balaban J connectivity index is 2.15. The molecule has 2 unspecified atom stereocenters. The monoisotopic (exact) mass is 265 g/mol. The van der Waals surface area contributed by atoms with Crippen molar-refractivity contribution in [2.75, 3.05) is 0 Å². The number of nitrogens with zero attached hydrogens (tertiary/aromatic N) is 3. The van der Waals surface area contributed by atoms with Gasteiger partial charge in [0.25, 0.3) is 0 Å². The van der Waals surface area contributed by atoms with E-state index in [0.717, 1.165) is 25.2 Å². The average molecular weight is 265 g/mol. The molecule has 2 atom stereocenters. The summed E-state index contributed by atoms with van der Waals surface area (Å²) in [5.74, 6) is 1.76. The number of rotatable bonds is 4. The quantitative estimate of drug-likeness (QED) is 0.910. The number of hydrogen-bond acceptors (Lipinski definition) is 3. The highest BCUT2D eigenvalue weighted by molar-refractivity contribution is 5.04. The standard InChI is InChI=1S/C15H27N3O/c1-11(2)8-18-13(16-10-17-18)7-15(19)9-14(4,5)6-12(15)3/h10-12,19H,6-9H2,1-5H3. The van der Waals surface area contributed by atoms with E-state index in [1.807, 2.05) is 4.68 Å². The van der Waals surface area contributed by atoms with Crippen LogP contribution in [0.2, 0.25) is 0 Å². The summed E-state index contributed by atoms with van der Waals surface area (Å²) in [5.41, 5.74) is -0.414. The molecular weight excluding hydrogens is 238 g/mol. The van der Waals surface area contributed by atoms with Gasteiger partial charge in [-0.1, -0.05) is 34.6 Å². The Kier molecular flexibility index (Phi) is 3.74. The fourth-order valence-corrected chi connectivity index (χ4v) is 3.53. The van der Waals surface area contributed by atoms with Gasteiger partial charge < -0.3 is 5.11 Å². The van der Waals surface area contributed by atoms with Crippen LogP contribution in [-0.2, 0) is 13.0 Å². The van der Waals surface area contributed by atoms with Crippen molar-refractivity contribution < 1.29 is 5.11 Å². The Labute approximate surface area is 116 Å². The summed E-state index contributed by atoms with van der Waals surface area (Å²) in [6.45, 7) is 11.8. The minimum atomic E-state index is -0.634. The summed E-state index contributed by atoms with van der Waals surface area (Å²) in [6.07, 6.45) is 4.13. The third-order valence-electron chi connectivity index (χ3n) is 4.26. The van der Waals surface area contributed by atoms with Crippen LogP contribution in [0.1, 0.15) is 53.3 Å². The molecule has 0 radical (unpaired) electrons. The van der Waals surface area contributed by atoms with Crippen LogP contribution in [0.4, 0.5) is 0 Å². The zero-order valence-corrected chi connectivity index (χ0v) is 12.8. The molecule has 108 valence electrons. The second kappa shape index (κ2) is 4.89. The van der Waals surface area contributed by atoms with Crippen molar-refractivity contribution in [1.29, 1.82) is 0 Å². The Morgan fingerprint density at radius 2 is 2.16 bits per heavy atom. The molecule has 1 heterocycles. The van der Waals surface area contributed by atoms with Gasteiger partial charge in [0.2, 0.25) is 0 Å². The van der Waals surface area contributed by atoms with Crippen LogP contribution in [0, 0.1) is 17.3 Å². The molecule has 1 aromatic rings. The van der Waals surface area contributed by atoms with E-state index < -0.39 is 5.60 Å². The van der Waals surface area contributed by atoms with Crippen molar-refractivity contribution in [2.24, 2.45) is 17.3 Å². The number of hydrogen-bond donors (Lipinski definition) is 1. The highest BCUT2D eigenvalue weighted by atomic mass is 16.3. The van der Waals surface area contributed by atoms with Crippen LogP contribution in [0.5, 0.6) is 0 Å². The van der Waals surface area contributed by atoms with Gasteiger partial charge in [-0.3, -0.25) is 0 Å². The van der Waals surface area contributed by atoms with E-state index in [1.165, 1.54) is 0 Å². The van der Waals surface area contributed by atoms with Crippen molar-refractivity contribution in [3.05, 3.63) is 12.2 Å². The van der Waals surface area contributed by atoms with Crippen LogP contribution < -0.4 is 0 Å². The summed E-state index contributed by atoms with van der Waals surface area (Å²) < 4.78 is 1.95. The number of aliphatic hydroxyl groups is 1. The molecule has 4 heteroatoms. The van der Waals surface area contributed by atoms with Gasteiger partial charge in [-0.25, -0.2) is 9.67 Å². The first kappa shape index (κ1) is 14.5. The van der Waals surface area contributed by atoms with Gasteiger partial charge in [0.05, 0.1) is 5.60 Å². The molecule has 0 spiro atoms. The lowest BCUT2D eigenvalue weighted by Crippen LogP contribution is -2.36. The molecule has 0 amide bonds. The van der Waals surface area contributed by atoms with Gasteiger partial charge in [0, 0.05) is 13.0 Å². The van der Waals surface area contributed by atoms with Crippen molar-refractivity contribution in [3.63, 3.8) is 0 Å². The molecule has 0 saturated heterocycles. The van der Waals surface area contributed by atoms with Crippen LogP contribution in [0.15, 0.2) is 6.33 Å². The Morgan fingerprint density at radius 3 is 2.68 bits per heavy atom. The first-order valence-electron chi connectivity index (χ1n) is 7.31. The second-order valence-electron chi connectivity index (χ2n) is 7.48. The lowest BCUT2D eigenvalue weighted by Gasteiger charge is -2.28. The van der Waals surface area contributed by atoms with Gasteiger partial charge in [-0.05, 0) is 30.1 Å². The van der Waals surface area contributed by atoms with E-state index in [1.54, 1.807) is 6.33 Å². The summed E-state index contributed by atoms with van der Waals surface area (Å²) in [7, 11) is 0. The van der Waals surface area contributed by atoms with Gasteiger partial charge in [-0.2, -0.15) is 5.10 Å². The Morgan fingerprint density at radius 1 is 1.47 bits per heavy atom. The van der Waals surface area contributed by atoms with Gasteiger partial charge in [0.15, 0.2) is 0 Å². The SMILES string of the molecule is CC(C)Cn1ncnc1CC1(O)CC(C)(C)CC1C. The normalized spacial score (nSPS) is 30.2. The molecule has 1 aromatic heterocycles. The molecule has 1 aliphatic carbocycles. The zero-order valence-electron chi connectivity index (χ0n) is 12.8. The predicted molar refractivity (Wildman–Crippen MR) is 75.7 cm³/mol. The average Bonchev–Trinajstić information content (AvgIpc) is 2.70. The topological polar surface area (TPSA) is 50.9 Å². The molecule has 1 fully saturated rings. The van der Waals surface area contributed by atoms with Crippen LogP contribution in [-0.4, -0.2) is 25.5 Å². The summed E-state index contributed by atoms with van der Waals surface area (Å²) in [6, 6.07) is 0. The molecule has 19 heavy (non-hydrogen) atoms. The molecule has 4 nitrogen and oxygen atoms in total. The van der Waals surface area contributed by atoms with Crippen LogP contribution in [0.3, 0.4) is 0 Å². The Hall–Kier alpha value is -0.900. The zero-order chi connectivity index (χ0) is 14.3. The third kappa shape index (κ3) is 3.16. The molecule has 1 saturated carbocycles. The molecule has 0 aliphatic heterocycles. The fourth-order valence-electron chi connectivity index (χ4n) is 3.53. The van der Waals surface area contributed by atoms with Crippen LogP contribution >= 0.6 is 0 Å². The third-order valence-corrected chi connectivity index (χ3v) is 4.26. The van der Waals surface area contributed by atoms with Crippen molar-refractivity contribution >= 4 is 0 Å². The van der Waals surface area contributed by atoms with E-state index in [0.29, 0.717) is 18.3 Å². The predicted octanol–water partition coefficient (Wildman–Crippen LogP) is 2.66. The van der Waals surface area contributed by atoms with Gasteiger partial charge in [0.1, 0.15) is 12.2 Å². The highest BCUT2D eigenvalue weighted by Crippen LogP contribution is 2.48. The molecule has 1 aliphatic rings. The second-order valence-corrected chi connectivity index (χ2v) is 7.48. The molecule has 0 bridgehead atoms. The minimum Gasteiger partial charge on any atom is -0.389 e. The Bertz CT molecular complexity index is 438. The van der Waals surface area contributed by atoms with E-state index in [4.69, 9.17) is 0 Å². The van der Waals surface area contributed by atoms with E-state index in [2.05, 4.69) is 44.7 Å². The first-order chi connectivity index (χ1) is 8.72. The summed E-state index contributed by atoms with van der Waals surface area (Å²) in [5, 5.41) is 15.2. The van der Waals surface area contributed by atoms with Crippen molar-refractivity contribution in [2.45, 2.75) is 66.0 Å². The maximum atomic E-state index is 10.9. The lowest BCUT2D eigenvalue weighted by atomic mass is 9.87. The molecule has 0 aromatic carbocycles. The highest BCUT2D eigenvalue weighted by Gasteiger charge is 2.47. The van der Waals surface area contributed by atoms with Crippen molar-refractivity contribution in [1.82, 2.24) is 14.8 Å². The maximum Gasteiger partial charge on any atom is 0.138 e. The first-order valence-corrected chi connectivity index (χ1v) is 7.31. The number of aromatic nitrogens is 3. The summed E-state index contributed by atoms with van der Waals surface area (Å²) in [4.78, 5) is 4.35. The maximum absolute atomic E-state index is 10.9. The lowest BCUT2D eigenvalue weighted by molar-refractivity contribution is 0.00162. The summed E-state index contributed by atoms with van der Waals surface area (Å²) >= 11 is 0.